The number of rotatable bonds is 12. The van der Waals surface area contributed by atoms with Crippen molar-refractivity contribution in [3.05, 3.63) is 99.3 Å². The van der Waals surface area contributed by atoms with E-state index in [2.05, 4.69) is 10.1 Å². The van der Waals surface area contributed by atoms with Crippen LogP contribution in [0.2, 0.25) is 0 Å². The number of hydrogen-bond acceptors (Lipinski definition) is 8. The molecule has 9 nitrogen and oxygen atoms in total. The Balaban J connectivity index is 1.42. The average molecular weight is 723 g/mol. The van der Waals surface area contributed by atoms with Gasteiger partial charge in [-0.2, -0.15) is 22.6 Å². The van der Waals surface area contributed by atoms with Gasteiger partial charge in [0.1, 0.15) is 16.5 Å². The first-order valence-electron chi connectivity index (χ1n) is 15.3. The van der Waals surface area contributed by atoms with Crippen LogP contribution in [0, 0.1) is 17.0 Å². The lowest BCUT2D eigenvalue weighted by molar-refractivity contribution is -0.134. The fraction of sp³-hybridized carbons (Fsp3) is 0.364. The zero-order valence-electron chi connectivity index (χ0n) is 26.1. The first-order chi connectivity index (χ1) is 23.3. The Bertz CT molecular complexity index is 1960. The number of carbonyl (C=O) groups is 1. The minimum absolute atomic E-state index is 0.0139. The lowest BCUT2D eigenvalue weighted by atomic mass is 9.61. The number of hydrogen-bond donors (Lipinski definition) is 0. The highest BCUT2D eigenvalue weighted by molar-refractivity contribution is 7.89. The van der Waals surface area contributed by atoms with Gasteiger partial charge in [0.05, 0.1) is 53.9 Å². The summed E-state index contributed by atoms with van der Waals surface area (Å²) >= 11 is 0.243. The van der Waals surface area contributed by atoms with Crippen molar-refractivity contribution in [2.24, 2.45) is 5.41 Å². The second-order valence-electron chi connectivity index (χ2n) is 11.8. The van der Waals surface area contributed by atoms with Crippen molar-refractivity contribution in [1.82, 2.24) is 19.1 Å². The molecule has 2 heterocycles. The molecular formula is C33H31F5N4O5S2. The van der Waals surface area contributed by atoms with Crippen LogP contribution < -0.4 is 0 Å². The Labute approximate surface area is 283 Å². The van der Waals surface area contributed by atoms with Crippen molar-refractivity contribution in [3.63, 3.8) is 0 Å². The minimum atomic E-state index is -4.71. The highest BCUT2D eigenvalue weighted by Crippen LogP contribution is 2.52. The number of alkyl halides is 3. The third-order valence-corrected chi connectivity index (χ3v) is 11.8. The van der Waals surface area contributed by atoms with Crippen LogP contribution in [0.5, 0.6) is 0 Å². The molecule has 0 aliphatic heterocycles. The SMILES string of the molecule is COCCOCCN([C@H]1CCC2=Cc3c(cnn3-c3ccc(F)cc3)C[C@]2(C(=O)c2ncc(C(F)(F)F)s2)C1)S(=O)(=O)c1ccc(F)cc1. The molecule has 0 spiro atoms. The van der Waals surface area contributed by atoms with E-state index in [0.29, 0.717) is 28.7 Å². The number of carbonyl (C=O) groups excluding carboxylic acids is 1. The number of nitrogens with zero attached hydrogens (tertiary/aromatic N) is 4. The molecule has 1 fully saturated rings. The number of sulfonamides is 1. The van der Waals surface area contributed by atoms with Crippen LogP contribution in [0.25, 0.3) is 11.8 Å². The van der Waals surface area contributed by atoms with Gasteiger partial charge in [-0.25, -0.2) is 26.9 Å². The maximum Gasteiger partial charge on any atom is 0.427 e. The lowest BCUT2D eigenvalue weighted by Crippen LogP contribution is -2.51. The van der Waals surface area contributed by atoms with Gasteiger partial charge in [-0.1, -0.05) is 5.57 Å². The van der Waals surface area contributed by atoms with E-state index < -0.39 is 50.0 Å². The molecule has 2 atom stereocenters. The van der Waals surface area contributed by atoms with Gasteiger partial charge in [-0.05, 0) is 85.9 Å². The smallest absolute Gasteiger partial charge is 0.382 e. The van der Waals surface area contributed by atoms with E-state index in [-0.39, 0.29) is 73.3 Å². The number of halogens is 5. The second-order valence-corrected chi connectivity index (χ2v) is 14.7. The first-order valence-corrected chi connectivity index (χ1v) is 17.5. The largest absolute Gasteiger partial charge is 0.427 e. The van der Waals surface area contributed by atoms with Crippen LogP contribution in [-0.2, 0) is 32.1 Å². The molecule has 0 saturated heterocycles. The molecule has 2 aromatic carbocycles. The van der Waals surface area contributed by atoms with E-state index in [9.17, 15) is 35.2 Å². The van der Waals surface area contributed by atoms with Gasteiger partial charge < -0.3 is 9.47 Å². The fourth-order valence-corrected chi connectivity index (χ4v) is 8.93. The summed E-state index contributed by atoms with van der Waals surface area (Å²) in [4.78, 5) is 17.2. The number of ketones is 1. The number of methoxy groups -OCH3 is 1. The number of thiazole rings is 1. The van der Waals surface area contributed by atoms with Crippen LogP contribution in [0.3, 0.4) is 0 Å². The van der Waals surface area contributed by atoms with Gasteiger partial charge in [0.2, 0.25) is 15.8 Å². The number of benzene rings is 2. The van der Waals surface area contributed by atoms with Crippen LogP contribution in [0.1, 0.15) is 45.2 Å². The topological polar surface area (TPSA) is 104 Å². The van der Waals surface area contributed by atoms with E-state index in [4.69, 9.17) is 9.47 Å². The monoisotopic (exact) mass is 722 g/mol. The summed E-state index contributed by atoms with van der Waals surface area (Å²) in [5.41, 5.74) is 0.934. The van der Waals surface area contributed by atoms with E-state index >= 15 is 0 Å². The molecule has 260 valence electrons. The maximum atomic E-state index is 14.5. The molecule has 6 rings (SSSR count). The third-order valence-electron chi connectivity index (χ3n) is 8.84. The zero-order chi connectivity index (χ0) is 35.0. The Morgan fingerprint density at radius 2 is 1.73 bits per heavy atom. The minimum Gasteiger partial charge on any atom is -0.382 e. The summed E-state index contributed by atoms with van der Waals surface area (Å²) in [6, 6.07) is 9.26. The predicted molar refractivity (Wildman–Crippen MR) is 170 cm³/mol. The van der Waals surface area contributed by atoms with Gasteiger partial charge in [0.25, 0.3) is 0 Å². The molecule has 4 aromatic rings. The van der Waals surface area contributed by atoms with Crippen LogP contribution in [-0.4, -0.2) is 72.8 Å². The summed E-state index contributed by atoms with van der Waals surface area (Å²) in [5.74, 6) is -1.71. The normalized spacial score (nSPS) is 19.4. The zero-order valence-corrected chi connectivity index (χ0v) is 27.8. The van der Waals surface area contributed by atoms with E-state index in [0.717, 1.165) is 24.3 Å². The van der Waals surface area contributed by atoms with Crippen molar-refractivity contribution >= 4 is 33.2 Å². The van der Waals surface area contributed by atoms with E-state index in [1.165, 1.54) is 23.5 Å². The van der Waals surface area contributed by atoms with Crippen molar-refractivity contribution in [2.45, 2.75) is 42.8 Å². The summed E-state index contributed by atoms with van der Waals surface area (Å²) in [7, 11) is -2.76. The second kappa shape index (κ2) is 13.8. The van der Waals surface area contributed by atoms with Gasteiger partial charge in [0.15, 0.2) is 5.01 Å². The average Bonchev–Trinajstić information content (AvgIpc) is 3.73. The standard InChI is InChI=1S/C33H31F5N4O5S2/c1-46-14-15-47-13-12-41(49(44,45)27-10-5-24(35)6-11-27)26-7-2-22-16-28-21(19-40-42(28)25-8-3-23(34)4-9-25)17-32(22,18-26)30(43)31-39-20-29(48-31)33(36,37)38/h3-6,8-11,16,19-20,26H,2,7,12-15,17-18H2,1H3/t26-,32-/m0/s1. The molecule has 0 bridgehead atoms. The first kappa shape index (κ1) is 35.0. The third kappa shape index (κ3) is 6.97. The van der Waals surface area contributed by atoms with Crippen LogP contribution in [0.4, 0.5) is 22.0 Å². The summed E-state index contributed by atoms with van der Waals surface area (Å²) in [6.45, 7) is 0.357. The molecule has 0 radical (unpaired) electrons. The van der Waals surface area contributed by atoms with Crippen molar-refractivity contribution in [3.8, 4) is 5.69 Å². The highest BCUT2D eigenvalue weighted by Gasteiger charge is 2.52. The van der Waals surface area contributed by atoms with E-state index in [1.807, 2.05) is 0 Å². The molecule has 16 heteroatoms. The molecule has 2 aromatic heterocycles. The number of allylic oxidation sites excluding steroid dienone is 1. The molecule has 0 amide bonds. The number of ether oxygens (including phenoxy) is 2. The molecule has 2 aliphatic rings. The molecule has 49 heavy (non-hydrogen) atoms. The molecule has 0 unspecified atom stereocenters. The van der Waals surface area contributed by atoms with Crippen molar-refractivity contribution in [1.29, 1.82) is 0 Å². The van der Waals surface area contributed by atoms with Gasteiger partial charge in [-0.15, -0.1) is 11.3 Å². The van der Waals surface area contributed by atoms with Crippen molar-refractivity contribution < 1.29 is 44.6 Å². The van der Waals surface area contributed by atoms with E-state index in [1.54, 1.807) is 29.1 Å². The van der Waals surface area contributed by atoms with Crippen LogP contribution >= 0.6 is 11.3 Å². The molecule has 1 saturated carbocycles. The quantitative estimate of drug-likeness (QED) is 0.0956. The van der Waals surface area contributed by atoms with Crippen LogP contribution in [0.15, 0.2) is 71.4 Å². The Morgan fingerprint density at radius 3 is 2.39 bits per heavy atom. The summed E-state index contributed by atoms with van der Waals surface area (Å²) in [5, 5.41) is 4.13. The highest BCUT2D eigenvalue weighted by atomic mass is 32.2. The molecular weight excluding hydrogens is 692 g/mol. The number of aromatic nitrogens is 3. The summed E-state index contributed by atoms with van der Waals surface area (Å²) in [6.07, 6.45) is -0.327. The Kier molecular flexibility index (Phi) is 9.88. The van der Waals surface area contributed by atoms with Gasteiger partial charge in [0, 0.05) is 19.7 Å². The molecule has 2 aliphatic carbocycles. The Hall–Kier alpha value is -3.83. The maximum absolute atomic E-state index is 14.5. The fourth-order valence-electron chi connectivity index (χ4n) is 6.47. The summed E-state index contributed by atoms with van der Waals surface area (Å²) < 4.78 is 110. The van der Waals surface area contributed by atoms with Gasteiger partial charge in [-0.3, -0.25) is 4.79 Å². The Morgan fingerprint density at radius 1 is 1.04 bits per heavy atom. The molecule has 0 N–H and O–H groups in total. The van der Waals surface area contributed by atoms with Gasteiger partial charge >= 0.3 is 6.18 Å². The lowest BCUT2D eigenvalue weighted by Gasteiger charge is -2.46. The number of Topliss-reactive ketones (excluding diaryl/α,β-unsaturated/α-hetero) is 1. The van der Waals surface area contributed by atoms with Crippen molar-refractivity contribution in [2.75, 3.05) is 33.5 Å². The predicted octanol–water partition coefficient (Wildman–Crippen LogP) is 6.34. The number of fused-ring (bicyclic) bond motifs is 2.